The number of rotatable bonds is 6. The molecule has 2 amide bonds. The van der Waals surface area contributed by atoms with Gasteiger partial charge in [0.1, 0.15) is 41.0 Å². The van der Waals surface area contributed by atoms with Crippen molar-refractivity contribution in [1.82, 2.24) is 15.2 Å². The number of anilines is 1. The topological polar surface area (TPSA) is 102 Å². The number of likely N-dealkylation sites (tertiary alicyclic amines) is 1. The molecule has 4 heterocycles. The molecule has 0 unspecified atom stereocenters. The number of benzene rings is 2. The third-order valence-corrected chi connectivity index (χ3v) is 10.1. The van der Waals surface area contributed by atoms with Crippen LogP contribution in [0.5, 0.6) is 23.0 Å². The monoisotopic (exact) mass is 650 g/mol. The highest BCUT2D eigenvalue weighted by molar-refractivity contribution is 5.95. The van der Waals surface area contributed by atoms with Gasteiger partial charge in [-0.3, -0.25) is 14.5 Å². The van der Waals surface area contributed by atoms with Crippen molar-refractivity contribution in [3.05, 3.63) is 70.9 Å². The van der Waals surface area contributed by atoms with E-state index in [-0.39, 0.29) is 40.3 Å². The van der Waals surface area contributed by atoms with Crippen molar-refractivity contribution >= 4 is 17.6 Å². The summed E-state index contributed by atoms with van der Waals surface area (Å²) in [5.74, 6) is 1.14. The van der Waals surface area contributed by atoms with Crippen molar-refractivity contribution in [2.45, 2.75) is 94.8 Å². The molecule has 1 saturated heterocycles. The van der Waals surface area contributed by atoms with Crippen LogP contribution in [0.3, 0.4) is 0 Å². The SMILES string of the molecule is CN1C(C)(C)CC(Oc2ccc(C(=O)N[C@H]3[C@H]4Oc5ccc(Oc6ccnc7c6CCC(=O)N7)cc5[C@@H]34)cc2C(F)(F)F)CC1(C)C. The van der Waals surface area contributed by atoms with Crippen molar-refractivity contribution in [2.75, 3.05) is 12.4 Å². The largest absolute Gasteiger partial charge is 0.490 e. The summed E-state index contributed by atoms with van der Waals surface area (Å²) in [5.41, 5.74) is 0.0446. The Hall–Kier alpha value is -4.32. The molecule has 3 aliphatic heterocycles. The number of carbonyl (C=O) groups is 2. The highest BCUT2D eigenvalue weighted by Crippen LogP contribution is 2.55. The minimum Gasteiger partial charge on any atom is -0.490 e. The quantitative estimate of drug-likeness (QED) is 0.316. The molecule has 47 heavy (non-hydrogen) atoms. The number of nitrogens with one attached hydrogen (secondary N) is 2. The molecule has 1 saturated carbocycles. The Morgan fingerprint density at radius 1 is 1.04 bits per heavy atom. The van der Waals surface area contributed by atoms with Crippen molar-refractivity contribution < 1.29 is 37.0 Å². The first-order valence-electron chi connectivity index (χ1n) is 15.8. The molecule has 7 rings (SSSR count). The first-order chi connectivity index (χ1) is 22.1. The number of fused-ring (bicyclic) bond motifs is 4. The van der Waals surface area contributed by atoms with Crippen molar-refractivity contribution in [3.63, 3.8) is 0 Å². The van der Waals surface area contributed by atoms with E-state index >= 15 is 0 Å². The smallest absolute Gasteiger partial charge is 0.419 e. The molecule has 3 atom stereocenters. The minimum absolute atomic E-state index is 0.0931. The molecular weight excluding hydrogens is 613 g/mol. The lowest BCUT2D eigenvalue weighted by Gasteiger charge is -2.53. The number of ether oxygens (including phenoxy) is 3. The lowest BCUT2D eigenvalue weighted by molar-refractivity contribution is -0.140. The molecular formula is C35H37F3N4O5. The van der Waals surface area contributed by atoms with Gasteiger partial charge in [-0.05, 0) is 83.6 Å². The predicted molar refractivity (Wildman–Crippen MR) is 167 cm³/mol. The van der Waals surface area contributed by atoms with E-state index in [2.05, 4.69) is 48.2 Å². The van der Waals surface area contributed by atoms with Gasteiger partial charge in [-0.25, -0.2) is 4.98 Å². The van der Waals surface area contributed by atoms with Gasteiger partial charge < -0.3 is 24.8 Å². The van der Waals surface area contributed by atoms with Crippen LogP contribution >= 0.6 is 0 Å². The van der Waals surface area contributed by atoms with Gasteiger partial charge in [-0.1, -0.05) is 0 Å². The van der Waals surface area contributed by atoms with Gasteiger partial charge >= 0.3 is 6.18 Å². The van der Waals surface area contributed by atoms with Crippen LogP contribution in [0.15, 0.2) is 48.7 Å². The Morgan fingerprint density at radius 2 is 1.79 bits per heavy atom. The van der Waals surface area contributed by atoms with Gasteiger partial charge in [0.2, 0.25) is 5.91 Å². The minimum atomic E-state index is -4.71. The number of nitrogens with zero attached hydrogens (tertiary/aromatic N) is 2. The molecule has 2 fully saturated rings. The van der Waals surface area contributed by atoms with E-state index in [9.17, 15) is 22.8 Å². The molecule has 2 aromatic carbocycles. The molecule has 0 radical (unpaired) electrons. The maximum Gasteiger partial charge on any atom is 0.419 e. The maximum absolute atomic E-state index is 14.3. The number of pyridine rings is 1. The fraction of sp³-hybridized carbons (Fsp3) is 0.457. The molecule has 0 bridgehead atoms. The van der Waals surface area contributed by atoms with Gasteiger partial charge in [-0.2, -0.15) is 13.2 Å². The van der Waals surface area contributed by atoms with Gasteiger partial charge in [0.15, 0.2) is 0 Å². The average molecular weight is 651 g/mol. The second-order valence-electron chi connectivity index (χ2n) is 14.1. The number of halogens is 3. The highest BCUT2D eigenvalue weighted by Gasteiger charge is 2.60. The first kappa shape index (κ1) is 31.3. The Bertz CT molecular complexity index is 1760. The van der Waals surface area contributed by atoms with Gasteiger partial charge in [-0.15, -0.1) is 0 Å². The fourth-order valence-electron chi connectivity index (χ4n) is 7.33. The van der Waals surface area contributed by atoms with E-state index < -0.39 is 29.8 Å². The summed E-state index contributed by atoms with van der Waals surface area (Å²) in [7, 11) is 2.02. The number of carbonyl (C=O) groups excluding carboxylic acids is 2. The highest BCUT2D eigenvalue weighted by atomic mass is 19.4. The Kier molecular flexibility index (Phi) is 7.23. The first-order valence-corrected chi connectivity index (χ1v) is 15.8. The third kappa shape index (κ3) is 5.77. The second kappa shape index (κ2) is 10.9. The van der Waals surface area contributed by atoms with E-state index in [1.807, 2.05) is 13.1 Å². The lowest BCUT2D eigenvalue weighted by atomic mass is 9.78. The summed E-state index contributed by atoms with van der Waals surface area (Å²) in [4.78, 5) is 31.5. The number of alkyl halides is 3. The molecule has 0 spiro atoms. The summed E-state index contributed by atoms with van der Waals surface area (Å²) in [5, 5.41) is 5.62. The zero-order valence-corrected chi connectivity index (χ0v) is 26.8. The van der Waals surface area contributed by atoms with Crippen LogP contribution in [-0.2, 0) is 17.4 Å². The Morgan fingerprint density at radius 3 is 2.51 bits per heavy atom. The standard InChI is InChI=1S/C35H37F3N4O5/c1-33(2)16-20(17-34(3,4)42(33)5)46-26-9-6-18(14-23(26)35(36,37)38)32(44)41-29-28-22-15-19(7-10-24(22)47-30(28)29)45-25-12-13-39-31-21(25)8-11-27(43)40-31/h6-7,9-10,12-15,20,28-30H,8,11,16-17H2,1-5H3,(H,41,44)(H,39,40,43)/t28-,29+,30-/m0/s1. The summed E-state index contributed by atoms with van der Waals surface area (Å²) in [6.07, 6.45) is -1.91. The summed E-state index contributed by atoms with van der Waals surface area (Å²) < 4.78 is 61.0. The molecule has 12 heteroatoms. The van der Waals surface area contributed by atoms with Crippen molar-refractivity contribution in [1.29, 1.82) is 0 Å². The van der Waals surface area contributed by atoms with Crippen LogP contribution in [0, 0.1) is 0 Å². The van der Waals surface area contributed by atoms with Crippen LogP contribution in [0.4, 0.5) is 19.0 Å². The average Bonchev–Trinajstić information content (AvgIpc) is 3.51. The fourth-order valence-corrected chi connectivity index (χ4v) is 7.33. The number of hydrogen-bond donors (Lipinski definition) is 2. The Balaban J connectivity index is 1.05. The zero-order chi connectivity index (χ0) is 33.5. The normalized spacial score (nSPS) is 24.3. The van der Waals surface area contributed by atoms with Crippen LogP contribution in [0.2, 0.25) is 0 Å². The molecule has 3 aromatic rings. The van der Waals surface area contributed by atoms with E-state index in [0.29, 0.717) is 48.7 Å². The maximum atomic E-state index is 14.3. The zero-order valence-electron chi connectivity index (χ0n) is 26.8. The second-order valence-corrected chi connectivity index (χ2v) is 14.1. The molecule has 2 N–H and O–H groups in total. The predicted octanol–water partition coefficient (Wildman–Crippen LogP) is 6.46. The van der Waals surface area contributed by atoms with Gasteiger partial charge in [0, 0.05) is 53.2 Å². The number of aromatic nitrogens is 1. The Labute approximate surface area is 270 Å². The van der Waals surface area contributed by atoms with Gasteiger partial charge in [0.05, 0.1) is 17.5 Å². The molecule has 9 nitrogen and oxygen atoms in total. The molecule has 4 aliphatic rings. The summed E-state index contributed by atoms with van der Waals surface area (Å²) >= 11 is 0. The van der Waals surface area contributed by atoms with Crippen LogP contribution < -0.4 is 24.8 Å². The van der Waals surface area contributed by atoms with Crippen LogP contribution in [0.25, 0.3) is 0 Å². The lowest BCUT2D eigenvalue weighted by Crippen LogP contribution is -2.60. The third-order valence-electron chi connectivity index (χ3n) is 10.1. The molecule has 1 aliphatic carbocycles. The number of amides is 2. The summed E-state index contributed by atoms with van der Waals surface area (Å²) in [6, 6.07) is 10.3. The summed E-state index contributed by atoms with van der Waals surface area (Å²) in [6.45, 7) is 8.23. The van der Waals surface area contributed by atoms with Crippen LogP contribution in [0.1, 0.15) is 79.9 Å². The van der Waals surface area contributed by atoms with Gasteiger partial charge in [0.25, 0.3) is 5.91 Å². The van der Waals surface area contributed by atoms with E-state index in [1.54, 1.807) is 24.4 Å². The number of hydrogen-bond acceptors (Lipinski definition) is 7. The van der Waals surface area contributed by atoms with Crippen molar-refractivity contribution in [3.8, 4) is 23.0 Å². The molecule has 248 valence electrons. The van der Waals surface area contributed by atoms with Crippen molar-refractivity contribution in [2.24, 2.45) is 0 Å². The van der Waals surface area contributed by atoms with Crippen LogP contribution in [-0.4, -0.2) is 58.1 Å². The van der Waals surface area contributed by atoms with E-state index in [4.69, 9.17) is 14.2 Å². The molecule has 1 aromatic heterocycles. The number of piperidine rings is 1. The van der Waals surface area contributed by atoms with E-state index in [1.165, 1.54) is 12.1 Å². The van der Waals surface area contributed by atoms with E-state index in [0.717, 1.165) is 17.2 Å².